The van der Waals surface area contributed by atoms with Crippen LogP contribution in [0.1, 0.15) is 43.9 Å². The van der Waals surface area contributed by atoms with Gasteiger partial charge >= 0.3 is 6.03 Å². The van der Waals surface area contributed by atoms with Crippen molar-refractivity contribution >= 4 is 29.2 Å². The predicted molar refractivity (Wildman–Crippen MR) is 108 cm³/mol. The molecule has 7 nitrogen and oxygen atoms in total. The number of imide groups is 1. The van der Waals surface area contributed by atoms with Gasteiger partial charge in [0.25, 0.3) is 0 Å². The molecule has 27 heavy (non-hydrogen) atoms. The summed E-state index contributed by atoms with van der Waals surface area (Å²) in [7, 11) is 0. The molecule has 1 aliphatic heterocycles. The number of hydrogen-bond acceptors (Lipinski definition) is 4. The molecule has 148 valence electrons. The van der Waals surface area contributed by atoms with Gasteiger partial charge in [-0.05, 0) is 31.2 Å². The van der Waals surface area contributed by atoms with Crippen molar-refractivity contribution in [3.8, 4) is 0 Å². The van der Waals surface area contributed by atoms with E-state index in [0.29, 0.717) is 13.1 Å². The van der Waals surface area contributed by atoms with Crippen LogP contribution in [0.3, 0.4) is 0 Å². The Morgan fingerprint density at radius 3 is 2.74 bits per heavy atom. The van der Waals surface area contributed by atoms with Gasteiger partial charge in [-0.15, -0.1) is 11.3 Å². The maximum Gasteiger partial charge on any atom is 0.324 e. The van der Waals surface area contributed by atoms with Crippen LogP contribution in [0.15, 0.2) is 22.5 Å². The summed E-state index contributed by atoms with van der Waals surface area (Å²) in [6, 6.07) is 4.05. The minimum absolute atomic E-state index is 0.0936. The van der Waals surface area contributed by atoms with Gasteiger partial charge in [-0.25, -0.2) is 4.79 Å². The van der Waals surface area contributed by atoms with Crippen LogP contribution in [0, 0.1) is 0 Å². The third-order valence-corrected chi connectivity index (χ3v) is 6.42. The Balaban J connectivity index is 1.61. The Hall–Kier alpha value is -2.09. The molecule has 2 aliphatic rings. The fourth-order valence-electron chi connectivity index (χ4n) is 3.83. The molecule has 0 spiro atoms. The van der Waals surface area contributed by atoms with Gasteiger partial charge in [-0.3, -0.25) is 14.7 Å². The summed E-state index contributed by atoms with van der Waals surface area (Å²) in [5.41, 5.74) is 0.138. The first kappa shape index (κ1) is 19.7. The lowest BCUT2D eigenvalue weighted by atomic mass is 9.73. The monoisotopic (exact) mass is 391 g/mol. The second kappa shape index (κ2) is 9.21. The van der Waals surface area contributed by atoms with Gasteiger partial charge in [0.1, 0.15) is 0 Å². The Morgan fingerprint density at radius 1 is 1.30 bits per heavy atom. The summed E-state index contributed by atoms with van der Waals surface area (Å²) in [4.78, 5) is 30.8. The standard InChI is InChI=1S/C19H29N5O2S/c1-2-20-17(21-10-11-24-16(25)13-22-18(24)26)23-14-19(8-4-3-5-9-19)15-7-6-12-27-15/h6-7,12H,2-5,8-11,13-14H2,1H3,(H,22,26)(H2,20,21,23). The zero-order chi connectivity index (χ0) is 19.1. The highest BCUT2D eigenvalue weighted by Crippen LogP contribution is 2.41. The summed E-state index contributed by atoms with van der Waals surface area (Å²) < 4.78 is 0. The highest BCUT2D eigenvalue weighted by Gasteiger charge is 2.34. The van der Waals surface area contributed by atoms with Gasteiger partial charge in [0, 0.05) is 29.9 Å². The topological polar surface area (TPSA) is 85.8 Å². The van der Waals surface area contributed by atoms with Crippen molar-refractivity contribution in [2.45, 2.75) is 44.4 Å². The number of urea groups is 1. The third kappa shape index (κ3) is 4.80. The van der Waals surface area contributed by atoms with Gasteiger partial charge in [-0.2, -0.15) is 0 Å². The summed E-state index contributed by atoms with van der Waals surface area (Å²) in [6.45, 7) is 4.47. The molecule has 2 fully saturated rings. The zero-order valence-corrected chi connectivity index (χ0v) is 16.7. The number of aliphatic imine (C=N–C) groups is 1. The van der Waals surface area contributed by atoms with Crippen LogP contribution in [0.25, 0.3) is 0 Å². The molecule has 1 saturated heterocycles. The molecule has 0 radical (unpaired) electrons. The molecule has 1 aromatic heterocycles. The first-order chi connectivity index (χ1) is 13.1. The molecule has 0 atom stereocenters. The number of carbonyl (C=O) groups is 2. The van der Waals surface area contributed by atoms with Crippen LogP contribution >= 0.6 is 11.3 Å². The normalized spacial score (nSPS) is 19.9. The molecule has 0 unspecified atom stereocenters. The van der Waals surface area contributed by atoms with Crippen LogP contribution in [-0.2, 0) is 10.2 Å². The number of carbonyl (C=O) groups excluding carboxylic acids is 2. The Kier molecular flexibility index (Phi) is 6.71. The van der Waals surface area contributed by atoms with E-state index in [0.717, 1.165) is 19.0 Å². The molecule has 3 N–H and O–H groups in total. The van der Waals surface area contributed by atoms with Gasteiger partial charge in [-0.1, -0.05) is 25.3 Å². The number of amides is 3. The first-order valence-corrected chi connectivity index (χ1v) is 10.7. The Bertz CT molecular complexity index is 652. The minimum Gasteiger partial charge on any atom is -0.357 e. The Labute approximate surface area is 164 Å². The zero-order valence-electron chi connectivity index (χ0n) is 15.9. The van der Waals surface area contributed by atoms with Gasteiger partial charge < -0.3 is 16.0 Å². The van der Waals surface area contributed by atoms with E-state index in [1.54, 1.807) is 0 Å². The maximum atomic E-state index is 11.7. The minimum atomic E-state index is -0.317. The molecule has 1 aliphatic carbocycles. The second-order valence-corrected chi connectivity index (χ2v) is 8.09. The fourth-order valence-corrected chi connectivity index (χ4v) is 4.81. The Morgan fingerprint density at radius 2 is 2.11 bits per heavy atom. The van der Waals surface area contributed by atoms with Crippen LogP contribution < -0.4 is 16.0 Å². The number of hydrogen-bond donors (Lipinski definition) is 3. The number of nitrogens with one attached hydrogen (secondary N) is 3. The van der Waals surface area contributed by atoms with Crippen molar-refractivity contribution < 1.29 is 9.59 Å². The quantitative estimate of drug-likeness (QED) is 0.377. The van der Waals surface area contributed by atoms with Gasteiger partial charge in [0.05, 0.1) is 13.1 Å². The molecule has 3 rings (SSSR count). The average molecular weight is 392 g/mol. The van der Waals surface area contributed by atoms with Gasteiger partial charge in [0.15, 0.2) is 5.96 Å². The number of thiophene rings is 1. The van der Waals surface area contributed by atoms with E-state index in [1.807, 2.05) is 18.3 Å². The van der Waals surface area contributed by atoms with Crippen molar-refractivity contribution in [2.24, 2.45) is 4.99 Å². The van der Waals surface area contributed by atoms with Crippen molar-refractivity contribution in [3.63, 3.8) is 0 Å². The smallest absolute Gasteiger partial charge is 0.324 e. The van der Waals surface area contributed by atoms with E-state index < -0.39 is 0 Å². The van der Waals surface area contributed by atoms with E-state index in [1.165, 1.54) is 41.9 Å². The lowest BCUT2D eigenvalue weighted by Gasteiger charge is -2.35. The molecule has 0 bridgehead atoms. The van der Waals surface area contributed by atoms with Crippen molar-refractivity contribution in [1.29, 1.82) is 0 Å². The van der Waals surface area contributed by atoms with E-state index in [9.17, 15) is 9.59 Å². The molecule has 3 amide bonds. The number of nitrogens with zero attached hydrogens (tertiary/aromatic N) is 2. The van der Waals surface area contributed by atoms with Crippen molar-refractivity contribution in [3.05, 3.63) is 22.4 Å². The third-order valence-electron chi connectivity index (χ3n) is 5.30. The highest BCUT2D eigenvalue weighted by molar-refractivity contribution is 7.10. The lowest BCUT2D eigenvalue weighted by molar-refractivity contribution is -0.124. The van der Waals surface area contributed by atoms with E-state index >= 15 is 0 Å². The maximum absolute atomic E-state index is 11.7. The molecular weight excluding hydrogens is 362 g/mol. The van der Waals surface area contributed by atoms with E-state index in [-0.39, 0.29) is 23.9 Å². The molecular formula is C19H29N5O2S. The summed E-state index contributed by atoms with van der Waals surface area (Å²) in [6.07, 6.45) is 6.17. The first-order valence-electron chi connectivity index (χ1n) is 9.79. The highest BCUT2D eigenvalue weighted by atomic mass is 32.1. The van der Waals surface area contributed by atoms with Gasteiger partial charge in [0.2, 0.25) is 5.91 Å². The lowest BCUT2D eigenvalue weighted by Crippen LogP contribution is -2.44. The fraction of sp³-hybridized carbons (Fsp3) is 0.632. The summed E-state index contributed by atoms with van der Waals surface area (Å²) in [5, 5.41) is 11.2. The van der Waals surface area contributed by atoms with Crippen LogP contribution in [-0.4, -0.2) is 55.5 Å². The molecule has 0 aromatic carbocycles. The molecule has 2 heterocycles. The van der Waals surface area contributed by atoms with E-state index in [2.05, 4.69) is 33.5 Å². The van der Waals surface area contributed by atoms with Crippen molar-refractivity contribution in [2.75, 3.05) is 32.7 Å². The van der Waals surface area contributed by atoms with Crippen LogP contribution in [0.2, 0.25) is 0 Å². The van der Waals surface area contributed by atoms with Crippen LogP contribution in [0.4, 0.5) is 4.79 Å². The van der Waals surface area contributed by atoms with Crippen LogP contribution in [0.5, 0.6) is 0 Å². The summed E-state index contributed by atoms with van der Waals surface area (Å²) in [5.74, 6) is 0.564. The predicted octanol–water partition coefficient (Wildman–Crippen LogP) is 2.06. The number of rotatable bonds is 7. The number of guanidine groups is 1. The van der Waals surface area contributed by atoms with E-state index in [4.69, 9.17) is 4.99 Å². The SMILES string of the molecule is CCNC(=NCC1(c2cccs2)CCCCC1)NCCN1C(=O)CNC1=O. The average Bonchev–Trinajstić information content (AvgIpc) is 3.33. The molecule has 1 saturated carbocycles. The molecule has 8 heteroatoms. The summed E-state index contributed by atoms with van der Waals surface area (Å²) >= 11 is 1.83. The second-order valence-electron chi connectivity index (χ2n) is 7.14. The van der Waals surface area contributed by atoms with Crippen molar-refractivity contribution in [1.82, 2.24) is 20.9 Å². The molecule has 1 aromatic rings. The largest absolute Gasteiger partial charge is 0.357 e.